The fourth-order valence-electron chi connectivity index (χ4n) is 2.03. The molecule has 8 heteroatoms. The summed E-state index contributed by atoms with van der Waals surface area (Å²) < 4.78 is 15.1. The molecule has 0 saturated carbocycles. The quantitative estimate of drug-likeness (QED) is 0.586. The van der Waals surface area contributed by atoms with Gasteiger partial charge in [0.25, 0.3) is 0 Å². The van der Waals surface area contributed by atoms with E-state index in [1.165, 1.54) is 12.1 Å². The third kappa shape index (κ3) is 2.64. The lowest BCUT2D eigenvalue weighted by Gasteiger charge is -2.04. The van der Waals surface area contributed by atoms with Crippen molar-refractivity contribution < 1.29 is 9.18 Å². The number of rotatable bonds is 4. The molecule has 6 nitrogen and oxygen atoms in total. The summed E-state index contributed by atoms with van der Waals surface area (Å²) in [7, 11) is 0. The second kappa shape index (κ2) is 5.72. The van der Waals surface area contributed by atoms with Crippen molar-refractivity contribution in [1.29, 1.82) is 0 Å². The van der Waals surface area contributed by atoms with E-state index in [9.17, 15) is 9.18 Å². The van der Waals surface area contributed by atoms with Gasteiger partial charge in [-0.05, 0) is 19.1 Å². The molecular weight excluding hydrogens is 305 g/mol. The van der Waals surface area contributed by atoms with Crippen LogP contribution in [0.25, 0.3) is 5.65 Å². The van der Waals surface area contributed by atoms with Gasteiger partial charge in [-0.15, -0.1) is 10.2 Å². The number of nitrogens with two attached hydrogens (primary N) is 1. The van der Waals surface area contributed by atoms with Gasteiger partial charge in [0, 0.05) is 11.8 Å². The molecule has 3 aromatic rings. The van der Waals surface area contributed by atoms with Gasteiger partial charge in [-0.2, -0.15) is 0 Å². The van der Waals surface area contributed by atoms with Crippen LogP contribution < -0.4 is 5.73 Å². The first-order valence-corrected chi connectivity index (χ1v) is 7.43. The lowest BCUT2D eigenvalue weighted by atomic mass is 10.1. The van der Waals surface area contributed by atoms with Crippen LogP contribution in [0.15, 0.2) is 35.5 Å². The number of fused-ring (bicyclic) bond motifs is 1. The molecule has 0 fully saturated rings. The van der Waals surface area contributed by atoms with Crippen molar-refractivity contribution in [2.75, 3.05) is 11.5 Å². The molecule has 0 radical (unpaired) electrons. The highest BCUT2D eigenvalue weighted by Crippen LogP contribution is 2.21. The predicted octanol–water partition coefficient (Wildman–Crippen LogP) is 2.13. The molecule has 0 atom stereocenters. The minimum atomic E-state index is -0.531. The van der Waals surface area contributed by atoms with Crippen LogP contribution >= 0.6 is 11.8 Å². The standard InChI is InChI=1S/C14H12FN5OS/c1-8-6-12-18-19-14(20(12)13(16)17-8)22-7-11(21)9-4-2-3-5-10(9)15/h2-6H,7H2,1H3,(H2,16,17). The normalized spacial score (nSPS) is 11.0. The topological polar surface area (TPSA) is 86.2 Å². The summed E-state index contributed by atoms with van der Waals surface area (Å²) in [4.78, 5) is 16.2. The molecule has 0 spiro atoms. The number of hydrogen-bond acceptors (Lipinski definition) is 6. The molecule has 112 valence electrons. The first-order chi connectivity index (χ1) is 10.6. The van der Waals surface area contributed by atoms with Crippen LogP contribution in [0, 0.1) is 12.7 Å². The molecule has 3 rings (SSSR count). The number of nitrogens with zero attached hydrogens (tertiary/aromatic N) is 4. The van der Waals surface area contributed by atoms with Gasteiger partial charge >= 0.3 is 0 Å². The van der Waals surface area contributed by atoms with E-state index in [-0.39, 0.29) is 23.0 Å². The fraction of sp³-hybridized carbons (Fsp3) is 0.143. The van der Waals surface area contributed by atoms with Gasteiger partial charge in [0.1, 0.15) is 5.82 Å². The van der Waals surface area contributed by atoms with E-state index >= 15 is 0 Å². The van der Waals surface area contributed by atoms with Crippen molar-refractivity contribution >= 4 is 29.1 Å². The molecule has 1 aromatic carbocycles. The molecule has 0 bridgehead atoms. The molecule has 0 aliphatic heterocycles. The minimum Gasteiger partial charge on any atom is -0.369 e. The summed E-state index contributed by atoms with van der Waals surface area (Å²) in [6.45, 7) is 1.81. The number of Topliss-reactive ketones (excluding diaryl/α,β-unsaturated/α-hetero) is 1. The van der Waals surface area contributed by atoms with Gasteiger partial charge in [-0.3, -0.25) is 4.79 Å². The molecule has 0 saturated heterocycles. The van der Waals surface area contributed by atoms with Crippen molar-refractivity contribution in [2.45, 2.75) is 12.1 Å². The molecule has 22 heavy (non-hydrogen) atoms. The Morgan fingerprint density at radius 2 is 2.14 bits per heavy atom. The number of hydrogen-bond donors (Lipinski definition) is 1. The molecule has 0 unspecified atom stereocenters. The predicted molar refractivity (Wildman–Crippen MR) is 81.4 cm³/mol. The Morgan fingerprint density at radius 1 is 1.36 bits per heavy atom. The van der Waals surface area contributed by atoms with Crippen molar-refractivity contribution in [3.05, 3.63) is 47.4 Å². The molecule has 2 heterocycles. The number of nitrogen functional groups attached to an aromatic ring is 1. The Balaban J connectivity index is 1.83. The van der Waals surface area contributed by atoms with Gasteiger partial charge in [0.05, 0.1) is 11.3 Å². The van der Waals surface area contributed by atoms with E-state index in [4.69, 9.17) is 5.73 Å². The number of thioether (sulfide) groups is 1. The van der Waals surface area contributed by atoms with Crippen LogP contribution in [-0.2, 0) is 0 Å². The van der Waals surface area contributed by atoms with Crippen LogP contribution in [-0.4, -0.2) is 31.1 Å². The van der Waals surface area contributed by atoms with Crippen LogP contribution in [0.5, 0.6) is 0 Å². The highest BCUT2D eigenvalue weighted by Gasteiger charge is 2.15. The van der Waals surface area contributed by atoms with Crippen LogP contribution in [0.1, 0.15) is 16.1 Å². The summed E-state index contributed by atoms with van der Waals surface area (Å²) in [5.74, 6) is -0.565. The average Bonchev–Trinajstić information content (AvgIpc) is 2.88. The highest BCUT2D eigenvalue weighted by molar-refractivity contribution is 7.99. The van der Waals surface area contributed by atoms with Crippen molar-refractivity contribution in [3.63, 3.8) is 0 Å². The Hall–Kier alpha value is -2.48. The zero-order chi connectivity index (χ0) is 15.7. The Morgan fingerprint density at radius 3 is 2.91 bits per heavy atom. The monoisotopic (exact) mass is 317 g/mol. The Kier molecular flexibility index (Phi) is 3.76. The summed E-state index contributed by atoms with van der Waals surface area (Å²) in [5, 5.41) is 8.44. The van der Waals surface area contributed by atoms with E-state index in [0.29, 0.717) is 10.8 Å². The maximum atomic E-state index is 13.6. The number of carbonyl (C=O) groups is 1. The van der Waals surface area contributed by atoms with E-state index in [2.05, 4.69) is 15.2 Å². The van der Waals surface area contributed by atoms with Gasteiger partial charge in [0.2, 0.25) is 5.95 Å². The number of halogens is 1. The number of carbonyl (C=O) groups excluding carboxylic acids is 1. The molecule has 0 amide bonds. The molecular formula is C14H12FN5OS. The third-order valence-corrected chi connectivity index (χ3v) is 3.95. The van der Waals surface area contributed by atoms with Crippen molar-refractivity contribution in [1.82, 2.24) is 19.6 Å². The van der Waals surface area contributed by atoms with E-state index < -0.39 is 5.82 Å². The molecule has 0 aliphatic carbocycles. The largest absolute Gasteiger partial charge is 0.369 e. The highest BCUT2D eigenvalue weighted by atomic mass is 32.2. The Bertz CT molecular complexity index is 864. The first kappa shape index (κ1) is 14.5. The van der Waals surface area contributed by atoms with Crippen LogP contribution in [0.3, 0.4) is 0 Å². The second-order valence-electron chi connectivity index (χ2n) is 4.62. The smallest absolute Gasteiger partial charge is 0.208 e. The van der Waals surface area contributed by atoms with Crippen LogP contribution in [0.4, 0.5) is 10.3 Å². The van der Waals surface area contributed by atoms with E-state index in [1.807, 2.05) is 0 Å². The van der Waals surface area contributed by atoms with Crippen molar-refractivity contribution in [2.24, 2.45) is 0 Å². The van der Waals surface area contributed by atoms with Crippen molar-refractivity contribution in [3.8, 4) is 0 Å². The maximum Gasteiger partial charge on any atom is 0.208 e. The Labute approximate surface area is 129 Å². The zero-order valence-corrected chi connectivity index (χ0v) is 12.5. The minimum absolute atomic E-state index is 0.0367. The van der Waals surface area contributed by atoms with E-state index in [1.54, 1.807) is 29.5 Å². The second-order valence-corrected chi connectivity index (χ2v) is 5.57. The number of ketones is 1. The summed E-state index contributed by atoms with van der Waals surface area (Å²) in [5.41, 5.74) is 7.21. The number of aromatic nitrogens is 4. The van der Waals surface area contributed by atoms with Gasteiger partial charge in [-0.25, -0.2) is 13.8 Å². The van der Waals surface area contributed by atoms with Gasteiger partial charge in [0.15, 0.2) is 16.6 Å². The van der Waals surface area contributed by atoms with Crippen LogP contribution in [0.2, 0.25) is 0 Å². The maximum absolute atomic E-state index is 13.6. The lowest BCUT2D eigenvalue weighted by molar-refractivity contribution is 0.101. The third-order valence-electron chi connectivity index (χ3n) is 3.02. The zero-order valence-electron chi connectivity index (χ0n) is 11.7. The first-order valence-electron chi connectivity index (χ1n) is 6.45. The average molecular weight is 317 g/mol. The number of benzene rings is 1. The molecule has 2 N–H and O–H groups in total. The summed E-state index contributed by atoms with van der Waals surface area (Å²) in [6.07, 6.45) is 0. The summed E-state index contributed by atoms with van der Waals surface area (Å²) in [6, 6.07) is 7.62. The number of aryl methyl sites for hydroxylation is 1. The summed E-state index contributed by atoms with van der Waals surface area (Å²) >= 11 is 1.14. The molecule has 0 aliphatic rings. The molecule has 2 aromatic heterocycles. The SMILES string of the molecule is Cc1cc2nnc(SCC(=O)c3ccccc3F)n2c(N)n1. The van der Waals surface area contributed by atoms with Gasteiger partial charge < -0.3 is 5.73 Å². The fourth-order valence-corrected chi connectivity index (χ4v) is 2.86. The lowest BCUT2D eigenvalue weighted by Crippen LogP contribution is -2.07. The number of anilines is 1. The van der Waals surface area contributed by atoms with E-state index in [0.717, 1.165) is 17.5 Å². The van der Waals surface area contributed by atoms with Gasteiger partial charge in [-0.1, -0.05) is 23.9 Å².